The van der Waals surface area contributed by atoms with Gasteiger partial charge in [0.25, 0.3) is 0 Å². The molecule has 0 aliphatic heterocycles. The molecule has 0 radical (unpaired) electrons. The molecule has 0 aliphatic carbocycles. The summed E-state index contributed by atoms with van der Waals surface area (Å²) in [6, 6.07) is 0.544. The van der Waals surface area contributed by atoms with Crippen LogP contribution in [-0.4, -0.2) is 22.4 Å². The molecule has 0 saturated carbocycles. The fourth-order valence-electron chi connectivity index (χ4n) is 3.07. The molecule has 0 amide bonds. The first-order chi connectivity index (χ1) is 10.1. The Kier molecular flexibility index (Phi) is 8.57. The van der Waals surface area contributed by atoms with Gasteiger partial charge in [0, 0.05) is 19.5 Å². The summed E-state index contributed by atoms with van der Waals surface area (Å²) in [7, 11) is 2.06. The van der Waals surface area contributed by atoms with Crippen molar-refractivity contribution in [1.82, 2.24) is 15.1 Å². The SMILES string of the molecule is CCCCC(CC)C(Cc1c(Br)c(CC)nn1C)NCC. The predicted molar refractivity (Wildman–Crippen MR) is 94.8 cm³/mol. The van der Waals surface area contributed by atoms with Crippen molar-refractivity contribution in [2.75, 3.05) is 6.54 Å². The number of unbranched alkanes of at least 4 members (excludes halogenated alkanes) is 1. The van der Waals surface area contributed by atoms with Gasteiger partial charge in [0.2, 0.25) is 0 Å². The lowest BCUT2D eigenvalue weighted by Gasteiger charge is -2.27. The van der Waals surface area contributed by atoms with Gasteiger partial charge in [-0.1, -0.05) is 47.0 Å². The van der Waals surface area contributed by atoms with Crippen molar-refractivity contribution in [3.8, 4) is 0 Å². The highest BCUT2D eigenvalue weighted by Gasteiger charge is 2.23. The Morgan fingerprint density at radius 3 is 2.43 bits per heavy atom. The molecule has 1 N–H and O–H groups in total. The molecular weight excluding hydrogens is 326 g/mol. The van der Waals surface area contributed by atoms with Crippen molar-refractivity contribution in [2.45, 2.75) is 72.3 Å². The van der Waals surface area contributed by atoms with Gasteiger partial charge in [-0.05, 0) is 41.2 Å². The van der Waals surface area contributed by atoms with E-state index in [2.05, 4.69) is 65.8 Å². The number of nitrogens with zero attached hydrogens (tertiary/aromatic N) is 2. The minimum absolute atomic E-state index is 0.544. The first-order valence-electron chi connectivity index (χ1n) is 8.52. The quantitative estimate of drug-likeness (QED) is 0.668. The summed E-state index contributed by atoms with van der Waals surface area (Å²) >= 11 is 3.75. The molecule has 4 heteroatoms. The maximum atomic E-state index is 4.63. The molecule has 2 unspecified atom stereocenters. The van der Waals surface area contributed by atoms with E-state index in [9.17, 15) is 0 Å². The van der Waals surface area contributed by atoms with E-state index >= 15 is 0 Å². The molecule has 0 aromatic carbocycles. The zero-order chi connectivity index (χ0) is 15.8. The number of aryl methyl sites for hydroxylation is 2. The van der Waals surface area contributed by atoms with Gasteiger partial charge >= 0.3 is 0 Å². The van der Waals surface area contributed by atoms with Crippen LogP contribution in [0.5, 0.6) is 0 Å². The lowest BCUT2D eigenvalue weighted by molar-refractivity contribution is 0.315. The number of nitrogens with one attached hydrogen (secondary N) is 1. The molecule has 0 spiro atoms. The van der Waals surface area contributed by atoms with E-state index < -0.39 is 0 Å². The van der Waals surface area contributed by atoms with Crippen molar-refractivity contribution in [2.24, 2.45) is 13.0 Å². The Morgan fingerprint density at radius 1 is 1.24 bits per heavy atom. The second kappa shape index (κ2) is 9.62. The van der Waals surface area contributed by atoms with Crippen LogP contribution in [0.25, 0.3) is 0 Å². The van der Waals surface area contributed by atoms with Gasteiger partial charge in [0.05, 0.1) is 15.9 Å². The van der Waals surface area contributed by atoms with E-state index in [0.29, 0.717) is 6.04 Å². The number of likely N-dealkylation sites (N-methyl/N-ethyl adjacent to an activating group) is 1. The van der Waals surface area contributed by atoms with Crippen molar-refractivity contribution in [1.29, 1.82) is 0 Å². The average molecular weight is 358 g/mol. The Bertz CT molecular complexity index is 414. The molecular formula is C17H32BrN3. The second-order valence-corrected chi connectivity index (χ2v) is 6.66. The fourth-order valence-corrected chi connectivity index (χ4v) is 3.85. The van der Waals surface area contributed by atoms with E-state index in [1.54, 1.807) is 0 Å². The molecule has 122 valence electrons. The van der Waals surface area contributed by atoms with E-state index in [4.69, 9.17) is 0 Å². The monoisotopic (exact) mass is 357 g/mol. The first-order valence-corrected chi connectivity index (χ1v) is 9.31. The van der Waals surface area contributed by atoms with Crippen LogP contribution < -0.4 is 5.32 Å². The maximum absolute atomic E-state index is 4.63. The summed E-state index contributed by atoms with van der Waals surface area (Å²) in [5.74, 6) is 0.747. The summed E-state index contributed by atoms with van der Waals surface area (Å²) < 4.78 is 3.26. The Labute approximate surface area is 139 Å². The standard InChI is InChI=1S/C17H32BrN3/c1-6-10-11-13(7-2)15(19-9-4)12-16-17(18)14(8-3)20-21(16)5/h13,15,19H,6-12H2,1-5H3. The van der Waals surface area contributed by atoms with Crippen molar-refractivity contribution < 1.29 is 0 Å². The number of rotatable bonds is 10. The minimum atomic E-state index is 0.544. The lowest BCUT2D eigenvalue weighted by atomic mass is 9.88. The zero-order valence-electron chi connectivity index (χ0n) is 14.4. The van der Waals surface area contributed by atoms with Crippen molar-refractivity contribution in [3.63, 3.8) is 0 Å². The second-order valence-electron chi connectivity index (χ2n) is 5.86. The Balaban J connectivity index is 2.88. The van der Waals surface area contributed by atoms with Crippen LogP contribution in [0.4, 0.5) is 0 Å². The van der Waals surface area contributed by atoms with Crippen LogP contribution in [-0.2, 0) is 19.9 Å². The molecule has 1 heterocycles. The number of hydrogen-bond acceptors (Lipinski definition) is 2. The molecule has 0 bridgehead atoms. The van der Waals surface area contributed by atoms with E-state index in [-0.39, 0.29) is 0 Å². The number of hydrogen-bond donors (Lipinski definition) is 1. The lowest BCUT2D eigenvalue weighted by Crippen LogP contribution is -2.38. The van der Waals surface area contributed by atoms with Gasteiger partial charge in [-0.2, -0.15) is 5.10 Å². The number of aromatic nitrogens is 2. The van der Waals surface area contributed by atoms with Gasteiger partial charge in [0.15, 0.2) is 0 Å². The largest absolute Gasteiger partial charge is 0.314 e. The minimum Gasteiger partial charge on any atom is -0.314 e. The fraction of sp³-hybridized carbons (Fsp3) is 0.824. The van der Waals surface area contributed by atoms with Crippen LogP contribution in [0, 0.1) is 5.92 Å². The molecule has 0 fully saturated rings. The average Bonchev–Trinajstić information content (AvgIpc) is 2.75. The molecule has 3 nitrogen and oxygen atoms in total. The third-order valence-electron chi connectivity index (χ3n) is 4.40. The molecule has 0 aliphatic rings. The molecule has 0 saturated heterocycles. The van der Waals surface area contributed by atoms with Crippen LogP contribution in [0.3, 0.4) is 0 Å². The third-order valence-corrected chi connectivity index (χ3v) is 5.32. The highest BCUT2D eigenvalue weighted by Crippen LogP contribution is 2.26. The van der Waals surface area contributed by atoms with E-state index in [0.717, 1.165) is 25.3 Å². The van der Waals surface area contributed by atoms with Gasteiger partial charge < -0.3 is 5.32 Å². The van der Waals surface area contributed by atoms with Crippen LogP contribution >= 0.6 is 15.9 Å². The van der Waals surface area contributed by atoms with E-state index in [1.165, 1.54) is 41.5 Å². The summed E-state index contributed by atoms with van der Waals surface area (Å²) in [5, 5.41) is 8.34. The topological polar surface area (TPSA) is 29.9 Å². The van der Waals surface area contributed by atoms with Gasteiger partial charge in [-0.25, -0.2) is 0 Å². The summed E-state index contributed by atoms with van der Waals surface area (Å²) in [6.45, 7) is 9.99. The van der Waals surface area contributed by atoms with Crippen LogP contribution in [0.2, 0.25) is 0 Å². The molecule has 1 aromatic rings. The predicted octanol–water partition coefficient (Wildman–Crippen LogP) is 4.48. The highest BCUT2D eigenvalue weighted by molar-refractivity contribution is 9.10. The first kappa shape index (κ1) is 18.7. The molecule has 2 atom stereocenters. The maximum Gasteiger partial charge on any atom is 0.0766 e. The molecule has 1 rings (SSSR count). The summed E-state index contributed by atoms with van der Waals surface area (Å²) in [5.41, 5.74) is 2.50. The highest BCUT2D eigenvalue weighted by atomic mass is 79.9. The number of halogens is 1. The molecule has 1 aromatic heterocycles. The molecule has 21 heavy (non-hydrogen) atoms. The van der Waals surface area contributed by atoms with Crippen molar-refractivity contribution >= 4 is 15.9 Å². The Hall–Kier alpha value is -0.350. The van der Waals surface area contributed by atoms with Crippen molar-refractivity contribution in [3.05, 3.63) is 15.9 Å². The smallest absolute Gasteiger partial charge is 0.0766 e. The summed E-state index contributed by atoms with van der Waals surface area (Å²) in [6.07, 6.45) is 7.21. The van der Waals surface area contributed by atoms with Crippen LogP contribution in [0.1, 0.15) is 64.8 Å². The van der Waals surface area contributed by atoms with Crippen LogP contribution in [0.15, 0.2) is 4.47 Å². The third kappa shape index (κ3) is 5.10. The van der Waals surface area contributed by atoms with Gasteiger partial charge in [-0.15, -0.1) is 0 Å². The Morgan fingerprint density at radius 2 is 1.95 bits per heavy atom. The zero-order valence-corrected chi connectivity index (χ0v) is 16.0. The van der Waals surface area contributed by atoms with Gasteiger partial charge in [-0.3, -0.25) is 4.68 Å². The summed E-state index contributed by atoms with van der Waals surface area (Å²) in [4.78, 5) is 0. The van der Waals surface area contributed by atoms with Gasteiger partial charge in [0.1, 0.15) is 0 Å². The van der Waals surface area contributed by atoms with E-state index in [1.807, 2.05) is 0 Å². The normalized spacial score (nSPS) is 14.4.